The van der Waals surface area contributed by atoms with Gasteiger partial charge in [0.1, 0.15) is 5.75 Å². The molecule has 0 spiro atoms. The van der Waals surface area contributed by atoms with Crippen LogP contribution in [0.25, 0.3) is 0 Å². The first-order valence-electron chi connectivity index (χ1n) is 6.78. The van der Waals surface area contributed by atoms with Crippen molar-refractivity contribution >= 4 is 0 Å². The zero-order chi connectivity index (χ0) is 13.0. The summed E-state index contributed by atoms with van der Waals surface area (Å²) in [5.74, 6) is 0.919. The first kappa shape index (κ1) is 13.4. The second-order valence-corrected chi connectivity index (χ2v) is 5.05. The maximum atomic E-state index is 6.22. The van der Waals surface area contributed by atoms with Crippen molar-refractivity contribution in [2.45, 2.75) is 38.9 Å². The Morgan fingerprint density at radius 1 is 1.44 bits per heavy atom. The van der Waals surface area contributed by atoms with Crippen molar-refractivity contribution in [1.29, 1.82) is 0 Å². The summed E-state index contributed by atoms with van der Waals surface area (Å²) in [4.78, 5) is 0. The van der Waals surface area contributed by atoms with Crippen LogP contribution in [0.3, 0.4) is 0 Å². The predicted molar refractivity (Wildman–Crippen MR) is 73.0 cm³/mol. The average molecular weight is 249 g/mol. The summed E-state index contributed by atoms with van der Waals surface area (Å²) >= 11 is 0. The zero-order valence-electron chi connectivity index (χ0n) is 11.5. The van der Waals surface area contributed by atoms with Gasteiger partial charge in [-0.2, -0.15) is 0 Å². The van der Waals surface area contributed by atoms with Crippen molar-refractivity contribution in [1.82, 2.24) is 5.32 Å². The lowest BCUT2D eigenvalue weighted by atomic mass is 9.98. The number of ether oxygens (including phenoxy) is 2. The van der Waals surface area contributed by atoms with Gasteiger partial charge >= 0.3 is 0 Å². The molecule has 3 heteroatoms. The Labute approximate surface area is 109 Å². The summed E-state index contributed by atoms with van der Waals surface area (Å²) in [6.07, 6.45) is 1.13. The van der Waals surface area contributed by atoms with E-state index in [4.69, 9.17) is 9.47 Å². The van der Waals surface area contributed by atoms with Gasteiger partial charge < -0.3 is 14.8 Å². The minimum atomic E-state index is -0.0649. The van der Waals surface area contributed by atoms with Crippen LogP contribution in [0.1, 0.15) is 38.9 Å². The molecule has 1 aromatic rings. The van der Waals surface area contributed by atoms with Gasteiger partial charge in [0.05, 0.1) is 18.3 Å². The van der Waals surface area contributed by atoms with Crippen molar-refractivity contribution in [3.05, 3.63) is 29.8 Å². The summed E-state index contributed by atoms with van der Waals surface area (Å²) in [5, 5.41) is 3.46. The van der Waals surface area contributed by atoms with Gasteiger partial charge in [0.15, 0.2) is 0 Å². The number of benzene rings is 1. The molecule has 2 unspecified atom stereocenters. The van der Waals surface area contributed by atoms with Crippen LogP contribution in [0.5, 0.6) is 5.75 Å². The topological polar surface area (TPSA) is 30.5 Å². The first-order valence-corrected chi connectivity index (χ1v) is 6.78. The summed E-state index contributed by atoms with van der Waals surface area (Å²) in [7, 11) is 0. The largest absolute Gasteiger partial charge is 0.494 e. The molecule has 3 nitrogen and oxygen atoms in total. The Bertz CT molecular complexity index is 394. The maximum Gasteiger partial charge on any atom is 0.119 e. The van der Waals surface area contributed by atoms with E-state index in [1.807, 2.05) is 19.1 Å². The van der Waals surface area contributed by atoms with Crippen molar-refractivity contribution in [3.8, 4) is 5.75 Å². The average Bonchev–Trinajstić information content (AvgIpc) is 2.40. The van der Waals surface area contributed by atoms with E-state index in [2.05, 4.69) is 31.3 Å². The van der Waals surface area contributed by atoms with E-state index in [1.54, 1.807) is 0 Å². The molecule has 2 rings (SSSR count). The number of hydrogen-bond donors (Lipinski definition) is 1. The fourth-order valence-corrected chi connectivity index (χ4v) is 2.26. The standard InChI is InChI=1S/C15H23NO2/c1-4-15(3)11-16-10-14(18-15)12-7-6-8-13(9-12)17-5-2/h6-9,14,16H,4-5,10-11H2,1-3H3. The molecule has 1 aromatic carbocycles. The van der Waals surface area contributed by atoms with Crippen LogP contribution in [-0.4, -0.2) is 25.3 Å². The molecule has 18 heavy (non-hydrogen) atoms. The Hall–Kier alpha value is -1.06. The fourth-order valence-electron chi connectivity index (χ4n) is 2.26. The normalized spacial score (nSPS) is 28.1. The lowest BCUT2D eigenvalue weighted by Gasteiger charge is -2.39. The van der Waals surface area contributed by atoms with E-state index in [-0.39, 0.29) is 11.7 Å². The van der Waals surface area contributed by atoms with Crippen molar-refractivity contribution in [2.75, 3.05) is 19.7 Å². The van der Waals surface area contributed by atoms with Gasteiger partial charge in [-0.25, -0.2) is 0 Å². The number of nitrogens with one attached hydrogen (secondary N) is 1. The van der Waals surface area contributed by atoms with Gasteiger partial charge in [-0.15, -0.1) is 0 Å². The van der Waals surface area contributed by atoms with Crippen molar-refractivity contribution in [2.24, 2.45) is 0 Å². The summed E-state index contributed by atoms with van der Waals surface area (Å²) in [5.41, 5.74) is 1.12. The molecule has 0 aliphatic carbocycles. The molecule has 1 aliphatic heterocycles. The van der Waals surface area contributed by atoms with E-state index < -0.39 is 0 Å². The molecular weight excluding hydrogens is 226 g/mol. The van der Waals surface area contributed by atoms with Crippen molar-refractivity contribution in [3.63, 3.8) is 0 Å². The number of hydrogen-bond acceptors (Lipinski definition) is 3. The lowest BCUT2D eigenvalue weighted by Crippen LogP contribution is -2.48. The second-order valence-electron chi connectivity index (χ2n) is 5.05. The number of rotatable bonds is 4. The molecule has 0 aromatic heterocycles. The number of morpholine rings is 1. The van der Waals surface area contributed by atoms with E-state index in [0.29, 0.717) is 6.61 Å². The lowest BCUT2D eigenvalue weighted by molar-refractivity contribution is -0.109. The van der Waals surface area contributed by atoms with Crippen LogP contribution in [0, 0.1) is 0 Å². The highest BCUT2D eigenvalue weighted by Crippen LogP contribution is 2.30. The summed E-state index contributed by atoms with van der Waals surface area (Å²) in [6.45, 7) is 8.81. The Morgan fingerprint density at radius 2 is 2.28 bits per heavy atom. The molecule has 0 amide bonds. The van der Waals surface area contributed by atoms with E-state index in [9.17, 15) is 0 Å². The van der Waals surface area contributed by atoms with Gasteiger partial charge in [0.25, 0.3) is 0 Å². The van der Waals surface area contributed by atoms with Crippen LogP contribution < -0.4 is 10.1 Å². The highest BCUT2D eigenvalue weighted by molar-refractivity contribution is 5.30. The second kappa shape index (κ2) is 5.72. The third kappa shape index (κ3) is 3.03. The molecule has 2 atom stereocenters. The van der Waals surface area contributed by atoms with E-state index in [0.717, 1.165) is 25.3 Å². The highest BCUT2D eigenvalue weighted by Gasteiger charge is 2.31. The van der Waals surface area contributed by atoms with Crippen molar-refractivity contribution < 1.29 is 9.47 Å². The molecular formula is C15H23NO2. The first-order chi connectivity index (χ1) is 8.67. The molecule has 0 saturated carbocycles. The van der Waals surface area contributed by atoms with Crippen LogP contribution in [-0.2, 0) is 4.74 Å². The fraction of sp³-hybridized carbons (Fsp3) is 0.600. The third-order valence-electron chi connectivity index (χ3n) is 3.54. The third-order valence-corrected chi connectivity index (χ3v) is 3.54. The Kier molecular flexibility index (Phi) is 4.25. The smallest absolute Gasteiger partial charge is 0.119 e. The molecule has 1 heterocycles. The minimum absolute atomic E-state index is 0.0649. The zero-order valence-corrected chi connectivity index (χ0v) is 11.5. The van der Waals surface area contributed by atoms with Gasteiger partial charge in [0, 0.05) is 13.1 Å². The van der Waals surface area contributed by atoms with Gasteiger partial charge in [0.2, 0.25) is 0 Å². The molecule has 100 valence electrons. The monoisotopic (exact) mass is 249 g/mol. The maximum absolute atomic E-state index is 6.22. The summed E-state index contributed by atoms with van der Waals surface area (Å²) < 4.78 is 11.8. The minimum Gasteiger partial charge on any atom is -0.494 e. The SMILES string of the molecule is CCOc1cccc(C2CNCC(C)(CC)O2)c1. The van der Waals surface area contributed by atoms with Crippen LogP contribution in [0.4, 0.5) is 0 Å². The Morgan fingerprint density at radius 3 is 3.00 bits per heavy atom. The van der Waals surface area contributed by atoms with Crippen LogP contribution >= 0.6 is 0 Å². The van der Waals surface area contributed by atoms with E-state index >= 15 is 0 Å². The van der Waals surface area contributed by atoms with Crippen LogP contribution in [0.15, 0.2) is 24.3 Å². The molecule has 0 radical (unpaired) electrons. The van der Waals surface area contributed by atoms with Gasteiger partial charge in [-0.1, -0.05) is 19.1 Å². The van der Waals surface area contributed by atoms with E-state index in [1.165, 1.54) is 5.56 Å². The summed E-state index contributed by atoms with van der Waals surface area (Å²) in [6, 6.07) is 8.21. The molecule has 1 N–H and O–H groups in total. The molecule has 1 fully saturated rings. The predicted octanol–water partition coefficient (Wildman–Crippen LogP) is 2.91. The molecule has 0 bridgehead atoms. The van der Waals surface area contributed by atoms with Crippen LogP contribution in [0.2, 0.25) is 0 Å². The highest BCUT2D eigenvalue weighted by atomic mass is 16.5. The molecule has 1 saturated heterocycles. The molecule has 1 aliphatic rings. The Balaban J connectivity index is 2.13. The van der Waals surface area contributed by atoms with Gasteiger partial charge in [-0.05, 0) is 38.0 Å². The van der Waals surface area contributed by atoms with Gasteiger partial charge in [-0.3, -0.25) is 0 Å². The quantitative estimate of drug-likeness (QED) is 0.890.